The van der Waals surface area contributed by atoms with Crippen LogP contribution in [-0.2, 0) is 0 Å². The van der Waals surface area contributed by atoms with Gasteiger partial charge in [-0.25, -0.2) is 19.3 Å². The molecule has 1 aromatic carbocycles. The van der Waals surface area contributed by atoms with E-state index in [1.165, 1.54) is 31.9 Å². The van der Waals surface area contributed by atoms with E-state index >= 15 is 4.39 Å². The molecule has 3 aromatic rings. The van der Waals surface area contributed by atoms with Crippen molar-refractivity contribution >= 4 is 5.82 Å². The fourth-order valence-corrected chi connectivity index (χ4v) is 2.99. The zero-order chi connectivity index (χ0) is 18.8. The average Bonchev–Trinajstić information content (AvgIpc) is 2.64. The predicted molar refractivity (Wildman–Crippen MR) is 97.1 cm³/mol. The van der Waals surface area contributed by atoms with Crippen LogP contribution < -0.4 is 15.2 Å². The standard InChI is InChI=1S/C19H18FN5O2/c1-26-16-7-17(25-10-24-16)27-19-12(11-3-2-4-11)5-6-13(18(19)20)14-8-23-15(21)9-22-14/h5-11H,2-4H2,1H3,(H2,21,23). The van der Waals surface area contributed by atoms with E-state index in [1.54, 1.807) is 6.07 Å². The molecule has 0 bridgehead atoms. The van der Waals surface area contributed by atoms with Gasteiger partial charge in [0, 0.05) is 11.1 Å². The van der Waals surface area contributed by atoms with E-state index in [2.05, 4.69) is 19.9 Å². The van der Waals surface area contributed by atoms with Crippen LogP contribution in [0.3, 0.4) is 0 Å². The Hall–Kier alpha value is -3.29. The zero-order valence-electron chi connectivity index (χ0n) is 14.7. The molecule has 1 saturated carbocycles. The monoisotopic (exact) mass is 367 g/mol. The van der Waals surface area contributed by atoms with Crippen LogP contribution in [0.5, 0.6) is 17.5 Å². The SMILES string of the molecule is COc1cc(Oc2c(C3CCC3)ccc(-c3cnc(N)cn3)c2F)ncn1. The Kier molecular flexibility index (Phi) is 4.53. The van der Waals surface area contributed by atoms with Crippen molar-refractivity contribution in [1.29, 1.82) is 0 Å². The summed E-state index contributed by atoms with van der Waals surface area (Å²) in [7, 11) is 1.49. The normalized spacial score (nSPS) is 13.9. The van der Waals surface area contributed by atoms with Crippen LogP contribution in [0.25, 0.3) is 11.3 Å². The topological polar surface area (TPSA) is 96.0 Å². The van der Waals surface area contributed by atoms with Crippen molar-refractivity contribution in [1.82, 2.24) is 19.9 Å². The summed E-state index contributed by atoms with van der Waals surface area (Å²) >= 11 is 0. The molecule has 138 valence electrons. The van der Waals surface area contributed by atoms with Gasteiger partial charge in [-0.3, -0.25) is 4.98 Å². The first-order valence-corrected chi connectivity index (χ1v) is 8.60. The second-order valence-electron chi connectivity index (χ2n) is 6.30. The minimum atomic E-state index is -0.504. The van der Waals surface area contributed by atoms with Crippen molar-refractivity contribution in [2.45, 2.75) is 25.2 Å². The van der Waals surface area contributed by atoms with Gasteiger partial charge in [-0.1, -0.05) is 12.5 Å². The van der Waals surface area contributed by atoms with Gasteiger partial charge in [0.1, 0.15) is 12.1 Å². The number of methoxy groups -OCH3 is 1. The number of benzene rings is 1. The third-order valence-corrected chi connectivity index (χ3v) is 4.65. The Labute approximate surface area is 155 Å². The molecule has 27 heavy (non-hydrogen) atoms. The first-order valence-electron chi connectivity index (χ1n) is 8.60. The van der Waals surface area contributed by atoms with Crippen LogP contribution in [0.2, 0.25) is 0 Å². The van der Waals surface area contributed by atoms with Crippen molar-refractivity contribution < 1.29 is 13.9 Å². The van der Waals surface area contributed by atoms with Crippen LogP contribution >= 0.6 is 0 Å². The Morgan fingerprint density at radius 3 is 2.56 bits per heavy atom. The number of hydrogen-bond acceptors (Lipinski definition) is 7. The number of anilines is 1. The number of nitrogen functional groups attached to an aromatic ring is 1. The number of hydrogen-bond donors (Lipinski definition) is 1. The summed E-state index contributed by atoms with van der Waals surface area (Å²) in [6.45, 7) is 0. The summed E-state index contributed by atoms with van der Waals surface area (Å²) in [5, 5.41) is 0. The Bertz CT molecular complexity index is 961. The van der Waals surface area contributed by atoms with Crippen LogP contribution in [0.4, 0.5) is 10.2 Å². The Morgan fingerprint density at radius 2 is 1.89 bits per heavy atom. The van der Waals surface area contributed by atoms with Crippen LogP contribution in [0.1, 0.15) is 30.7 Å². The molecule has 0 spiro atoms. The molecular weight excluding hydrogens is 349 g/mol. The highest BCUT2D eigenvalue weighted by molar-refractivity contribution is 5.64. The van der Waals surface area contributed by atoms with Crippen molar-refractivity contribution in [3.8, 4) is 28.8 Å². The van der Waals surface area contributed by atoms with E-state index in [0.717, 1.165) is 24.8 Å². The number of nitrogens with zero attached hydrogens (tertiary/aromatic N) is 4. The fourth-order valence-electron chi connectivity index (χ4n) is 2.99. The third kappa shape index (κ3) is 3.38. The number of rotatable bonds is 5. The smallest absolute Gasteiger partial charge is 0.226 e. The van der Waals surface area contributed by atoms with Gasteiger partial charge in [0.25, 0.3) is 0 Å². The summed E-state index contributed by atoms with van der Waals surface area (Å²) in [6.07, 6.45) is 7.27. The fraction of sp³-hybridized carbons (Fsp3) is 0.263. The molecular formula is C19H18FN5O2. The van der Waals surface area contributed by atoms with Gasteiger partial charge < -0.3 is 15.2 Å². The van der Waals surface area contributed by atoms with Crippen molar-refractivity contribution in [3.05, 3.63) is 48.3 Å². The third-order valence-electron chi connectivity index (χ3n) is 4.65. The molecule has 7 nitrogen and oxygen atoms in total. The van der Waals surface area contributed by atoms with Crippen molar-refractivity contribution in [3.63, 3.8) is 0 Å². The Morgan fingerprint density at radius 1 is 1.07 bits per heavy atom. The van der Waals surface area contributed by atoms with Crippen molar-refractivity contribution in [2.75, 3.05) is 12.8 Å². The molecule has 4 rings (SSSR count). The maximum absolute atomic E-state index is 15.4. The summed E-state index contributed by atoms with van der Waals surface area (Å²) in [4.78, 5) is 16.2. The number of halogens is 1. The highest BCUT2D eigenvalue weighted by atomic mass is 19.1. The van der Waals surface area contributed by atoms with Gasteiger partial charge in [0.05, 0.1) is 31.3 Å². The van der Waals surface area contributed by atoms with E-state index < -0.39 is 5.82 Å². The lowest BCUT2D eigenvalue weighted by molar-refractivity contribution is 0.368. The van der Waals surface area contributed by atoms with Crippen LogP contribution in [0.15, 0.2) is 36.9 Å². The molecule has 8 heteroatoms. The molecule has 0 atom stereocenters. The number of aromatic nitrogens is 4. The molecule has 0 amide bonds. The quantitative estimate of drug-likeness (QED) is 0.734. The van der Waals surface area contributed by atoms with E-state index in [9.17, 15) is 0 Å². The van der Waals surface area contributed by atoms with Gasteiger partial charge in [0.2, 0.25) is 11.8 Å². The van der Waals surface area contributed by atoms with Gasteiger partial charge in [-0.15, -0.1) is 0 Å². The first-order chi connectivity index (χ1) is 13.2. The minimum Gasteiger partial charge on any atom is -0.481 e. The van der Waals surface area contributed by atoms with E-state index in [-0.39, 0.29) is 23.4 Å². The van der Waals surface area contributed by atoms with E-state index in [0.29, 0.717) is 17.1 Å². The van der Waals surface area contributed by atoms with Gasteiger partial charge in [0.15, 0.2) is 11.6 Å². The molecule has 2 aromatic heterocycles. The zero-order valence-corrected chi connectivity index (χ0v) is 14.7. The molecule has 1 fully saturated rings. The van der Waals surface area contributed by atoms with Crippen LogP contribution in [0, 0.1) is 5.82 Å². The first kappa shape index (κ1) is 17.1. The second-order valence-corrected chi connectivity index (χ2v) is 6.30. The summed E-state index contributed by atoms with van der Waals surface area (Å²) in [5.41, 5.74) is 7.07. The highest BCUT2D eigenvalue weighted by Gasteiger charge is 2.27. The van der Waals surface area contributed by atoms with Gasteiger partial charge in [-0.05, 0) is 24.8 Å². The maximum Gasteiger partial charge on any atom is 0.226 e. The maximum atomic E-state index is 15.4. The second kappa shape index (κ2) is 7.14. The molecule has 2 heterocycles. The molecule has 0 saturated heterocycles. The molecule has 1 aliphatic carbocycles. The van der Waals surface area contributed by atoms with Gasteiger partial charge in [-0.2, -0.15) is 0 Å². The molecule has 0 aliphatic heterocycles. The molecule has 2 N–H and O–H groups in total. The van der Waals surface area contributed by atoms with E-state index in [1.807, 2.05) is 6.07 Å². The lowest BCUT2D eigenvalue weighted by Gasteiger charge is -2.28. The number of ether oxygens (including phenoxy) is 2. The largest absolute Gasteiger partial charge is 0.481 e. The van der Waals surface area contributed by atoms with Gasteiger partial charge >= 0.3 is 0 Å². The highest BCUT2D eigenvalue weighted by Crippen LogP contribution is 2.44. The summed E-state index contributed by atoms with van der Waals surface area (Å²) < 4.78 is 26.3. The lowest BCUT2D eigenvalue weighted by atomic mass is 9.79. The molecule has 0 unspecified atom stereocenters. The van der Waals surface area contributed by atoms with Crippen LogP contribution in [-0.4, -0.2) is 27.0 Å². The lowest BCUT2D eigenvalue weighted by Crippen LogP contribution is -2.11. The Balaban J connectivity index is 1.78. The summed E-state index contributed by atoms with van der Waals surface area (Å²) in [6, 6.07) is 5.10. The van der Waals surface area contributed by atoms with E-state index in [4.69, 9.17) is 15.2 Å². The van der Waals surface area contributed by atoms with Crippen molar-refractivity contribution in [2.24, 2.45) is 0 Å². The average molecular weight is 367 g/mol. The number of nitrogens with two attached hydrogens (primary N) is 1. The summed E-state index contributed by atoms with van der Waals surface area (Å²) in [5.74, 6) is 0.736. The minimum absolute atomic E-state index is 0.150. The molecule has 1 aliphatic rings. The molecule has 0 radical (unpaired) electrons. The predicted octanol–water partition coefficient (Wildman–Crippen LogP) is 3.72.